The summed E-state index contributed by atoms with van der Waals surface area (Å²) in [5.41, 5.74) is 0. The van der Waals surface area contributed by atoms with Crippen molar-refractivity contribution in [2.24, 2.45) is 17.8 Å². The summed E-state index contributed by atoms with van der Waals surface area (Å²) >= 11 is 0. The van der Waals surface area contributed by atoms with Crippen LogP contribution < -0.4 is 0 Å². The van der Waals surface area contributed by atoms with Gasteiger partial charge in [0.2, 0.25) is 5.91 Å². The summed E-state index contributed by atoms with van der Waals surface area (Å²) in [5, 5.41) is 9.06. The fourth-order valence-corrected chi connectivity index (χ4v) is 2.46. The summed E-state index contributed by atoms with van der Waals surface area (Å²) in [6, 6.07) is 0. The number of carbonyl (C=O) groups excluding carboxylic acids is 2. The lowest BCUT2D eigenvalue weighted by Crippen LogP contribution is -2.36. The SMILES string of the molecule is CC(CC(C(=O)OCCN(C)CCN(C)C)C(C)C)C(=O)N(C)CO. The number of hydrogen-bond acceptors (Lipinski definition) is 6. The molecule has 7 nitrogen and oxygen atoms in total. The van der Waals surface area contributed by atoms with Gasteiger partial charge in [0.05, 0.1) is 5.92 Å². The molecule has 148 valence electrons. The minimum Gasteiger partial charge on any atom is -0.464 e. The number of ether oxygens (including phenoxy) is 1. The van der Waals surface area contributed by atoms with E-state index >= 15 is 0 Å². The highest BCUT2D eigenvalue weighted by atomic mass is 16.5. The van der Waals surface area contributed by atoms with Crippen LogP contribution in [0.5, 0.6) is 0 Å². The predicted molar refractivity (Wildman–Crippen MR) is 99.0 cm³/mol. The van der Waals surface area contributed by atoms with E-state index in [-0.39, 0.29) is 36.4 Å². The third-order valence-corrected chi connectivity index (χ3v) is 4.37. The van der Waals surface area contributed by atoms with Crippen LogP contribution in [0.25, 0.3) is 0 Å². The maximum absolute atomic E-state index is 12.4. The molecule has 0 bridgehead atoms. The van der Waals surface area contributed by atoms with Crippen LogP contribution in [0, 0.1) is 17.8 Å². The third kappa shape index (κ3) is 9.77. The van der Waals surface area contributed by atoms with Gasteiger partial charge in [0.25, 0.3) is 0 Å². The molecule has 0 radical (unpaired) electrons. The Kier molecular flexibility index (Phi) is 11.6. The van der Waals surface area contributed by atoms with Crippen LogP contribution in [0.15, 0.2) is 0 Å². The zero-order valence-electron chi connectivity index (χ0n) is 17.0. The highest BCUT2D eigenvalue weighted by Crippen LogP contribution is 2.23. The summed E-state index contributed by atoms with van der Waals surface area (Å²) in [6.45, 7) is 8.29. The van der Waals surface area contributed by atoms with Gasteiger partial charge in [0.1, 0.15) is 13.3 Å². The van der Waals surface area contributed by atoms with Crippen molar-refractivity contribution < 1.29 is 19.4 Å². The maximum Gasteiger partial charge on any atom is 0.309 e. The second-order valence-electron chi connectivity index (χ2n) is 7.44. The predicted octanol–water partition coefficient (Wildman–Crippen LogP) is 0.730. The first-order valence-electron chi connectivity index (χ1n) is 8.95. The molecule has 0 saturated carbocycles. The Labute approximate surface area is 152 Å². The number of esters is 1. The second-order valence-corrected chi connectivity index (χ2v) is 7.44. The average Bonchev–Trinajstić information content (AvgIpc) is 2.55. The van der Waals surface area contributed by atoms with Gasteiger partial charge in [-0.3, -0.25) is 9.59 Å². The van der Waals surface area contributed by atoms with Gasteiger partial charge < -0.3 is 24.5 Å². The highest BCUT2D eigenvalue weighted by Gasteiger charge is 2.29. The third-order valence-electron chi connectivity index (χ3n) is 4.37. The Bertz CT molecular complexity index is 402. The lowest BCUT2D eigenvalue weighted by molar-refractivity contribution is -0.152. The van der Waals surface area contributed by atoms with Gasteiger partial charge in [-0.15, -0.1) is 0 Å². The highest BCUT2D eigenvalue weighted by molar-refractivity contribution is 5.79. The Balaban J connectivity index is 4.43. The molecule has 0 heterocycles. The molecule has 0 aromatic carbocycles. The first kappa shape index (κ1) is 23.8. The molecule has 25 heavy (non-hydrogen) atoms. The van der Waals surface area contributed by atoms with E-state index in [1.807, 2.05) is 35.0 Å². The van der Waals surface area contributed by atoms with E-state index in [1.165, 1.54) is 4.90 Å². The molecule has 0 spiro atoms. The quantitative estimate of drug-likeness (QED) is 0.409. The molecule has 1 N–H and O–H groups in total. The number of likely N-dealkylation sites (N-methyl/N-ethyl adjacent to an activating group) is 2. The Hall–Kier alpha value is -1.18. The largest absolute Gasteiger partial charge is 0.464 e. The van der Waals surface area contributed by atoms with Gasteiger partial charge in [-0.25, -0.2) is 0 Å². The summed E-state index contributed by atoms with van der Waals surface area (Å²) in [4.78, 5) is 30.0. The maximum atomic E-state index is 12.4. The number of aliphatic hydroxyl groups excluding tert-OH is 1. The summed E-state index contributed by atoms with van der Waals surface area (Å²) in [7, 11) is 7.60. The topological polar surface area (TPSA) is 73.3 Å². The molecule has 1 amide bonds. The van der Waals surface area contributed by atoms with E-state index in [0.717, 1.165) is 13.1 Å². The second kappa shape index (κ2) is 12.2. The molecular weight excluding hydrogens is 322 g/mol. The lowest BCUT2D eigenvalue weighted by Gasteiger charge is -2.25. The average molecular weight is 360 g/mol. The van der Waals surface area contributed by atoms with Gasteiger partial charge in [-0.05, 0) is 33.5 Å². The molecule has 0 saturated heterocycles. The minimum atomic E-state index is -0.333. The van der Waals surface area contributed by atoms with Crippen LogP contribution in [-0.4, -0.2) is 92.8 Å². The Morgan fingerprint density at radius 3 is 2.08 bits per heavy atom. The van der Waals surface area contributed by atoms with E-state index < -0.39 is 0 Å². The standard InChI is InChI=1S/C18H37N3O4/c1-14(2)16(12-15(3)17(23)21(7)13-22)18(24)25-11-10-20(6)9-8-19(4)5/h14-16,22H,8-13H2,1-7H3. The normalized spacial score (nSPS) is 14.0. The molecular formula is C18H37N3O4. The van der Waals surface area contributed by atoms with Gasteiger partial charge in [0.15, 0.2) is 0 Å². The number of hydrogen-bond donors (Lipinski definition) is 1. The lowest BCUT2D eigenvalue weighted by atomic mass is 9.86. The van der Waals surface area contributed by atoms with Gasteiger partial charge in [-0.1, -0.05) is 20.8 Å². The molecule has 0 aliphatic rings. The monoisotopic (exact) mass is 359 g/mol. The van der Waals surface area contributed by atoms with E-state index in [1.54, 1.807) is 14.0 Å². The summed E-state index contributed by atoms with van der Waals surface area (Å²) in [5.74, 6) is -0.974. The van der Waals surface area contributed by atoms with Crippen LogP contribution in [-0.2, 0) is 14.3 Å². The molecule has 0 aliphatic carbocycles. The molecule has 0 aromatic rings. The number of amides is 1. The molecule has 0 fully saturated rings. The smallest absolute Gasteiger partial charge is 0.309 e. The van der Waals surface area contributed by atoms with E-state index in [2.05, 4.69) is 9.80 Å². The number of carbonyl (C=O) groups is 2. The summed E-state index contributed by atoms with van der Waals surface area (Å²) in [6.07, 6.45) is 0.427. The van der Waals surface area contributed by atoms with Crippen molar-refractivity contribution >= 4 is 11.9 Å². The number of nitrogens with zero attached hydrogens (tertiary/aromatic N) is 3. The zero-order chi connectivity index (χ0) is 19.6. The van der Waals surface area contributed by atoms with Crippen molar-refractivity contribution in [3.05, 3.63) is 0 Å². The molecule has 0 aromatic heterocycles. The van der Waals surface area contributed by atoms with E-state index in [9.17, 15) is 9.59 Å². The molecule has 0 rings (SSSR count). The first-order valence-corrected chi connectivity index (χ1v) is 8.95. The van der Waals surface area contributed by atoms with Crippen molar-refractivity contribution in [2.45, 2.75) is 27.2 Å². The van der Waals surface area contributed by atoms with Crippen LogP contribution in [0.2, 0.25) is 0 Å². The van der Waals surface area contributed by atoms with Crippen LogP contribution >= 0.6 is 0 Å². The van der Waals surface area contributed by atoms with Gasteiger partial charge in [0, 0.05) is 32.6 Å². The minimum absolute atomic E-state index is 0.0913. The fourth-order valence-electron chi connectivity index (χ4n) is 2.46. The van der Waals surface area contributed by atoms with Crippen molar-refractivity contribution in [1.29, 1.82) is 0 Å². The first-order chi connectivity index (χ1) is 11.6. The van der Waals surface area contributed by atoms with Crippen molar-refractivity contribution in [3.8, 4) is 0 Å². The van der Waals surface area contributed by atoms with E-state index in [0.29, 0.717) is 19.6 Å². The molecule has 2 unspecified atom stereocenters. The Morgan fingerprint density at radius 1 is 1.00 bits per heavy atom. The fraction of sp³-hybridized carbons (Fsp3) is 0.889. The van der Waals surface area contributed by atoms with Crippen LogP contribution in [0.3, 0.4) is 0 Å². The molecule has 0 aliphatic heterocycles. The number of aliphatic hydroxyl groups is 1. The van der Waals surface area contributed by atoms with E-state index in [4.69, 9.17) is 9.84 Å². The van der Waals surface area contributed by atoms with Crippen LogP contribution in [0.4, 0.5) is 0 Å². The zero-order valence-corrected chi connectivity index (χ0v) is 17.0. The van der Waals surface area contributed by atoms with Crippen molar-refractivity contribution in [2.75, 3.05) is 61.2 Å². The number of rotatable bonds is 12. The van der Waals surface area contributed by atoms with Crippen molar-refractivity contribution in [3.63, 3.8) is 0 Å². The van der Waals surface area contributed by atoms with Gasteiger partial charge in [-0.2, -0.15) is 0 Å². The Morgan fingerprint density at radius 2 is 1.60 bits per heavy atom. The van der Waals surface area contributed by atoms with Gasteiger partial charge >= 0.3 is 5.97 Å². The molecule has 2 atom stereocenters. The van der Waals surface area contributed by atoms with Crippen LogP contribution in [0.1, 0.15) is 27.2 Å². The molecule has 7 heteroatoms. The summed E-state index contributed by atoms with van der Waals surface area (Å²) < 4.78 is 5.44. The van der Waals surface area contributed by atoms with Crippen molar-refractivity contribution in [1.82, 2.24) is 14.7 Å².